The maximum absolute atomic E-state index is 11.5. The normalized spacial score (nSPS) is 23.9. The minimum Gasteiger partial charge on any atom is -0.354 e. The minimum atomic E-state index is 0.153. The van der Waals surface area contributed by atoms with E-state index in [0.29, 0.717) is 12.5 Å². The number of hydrogen-bond acceptors (Lipinski definition) is 3. The maximum Gasteiger partial charge on any atom is 0.221 e. The van der Waals surface area contributed by atoms with Crippen LogP contribution in [0.15, 0.2) is 0 Å². The van der Waals surface area contributed by atoms with Gasteiger partial charge in [-0.05, 0) is 20.9 Å². The van der Waals surface area contributed by atoms with Crippen molar-refractivity contribution in [1.29, 1.82) is 0 Å². The first-order chi connectivity index (χ1) is 6.59. The number of rotatable bonds is 3. The van der Waals surface area contributed by atoms with E-state index in [1.54, 1.807) is 0 Å². The predicted octanol–water partition coefficient (Wildman–Crippen LogP) is -0.195. The zero-order valence-corrected chi connectivity index (χ0v) is 9.34. The first kappa shape index (κ1) is 11.5. The van der Waals surface area contributed by atoms with Crippen LogP contribution in [0.3, 0.4) is 0 Å². The van der Waals surface area contributed by atoms with E-state index in [1.807, 2.05) is 13.8 Å². The maximum atomic E-state index is 11.5. The second-order valence-corrected chi connectivity index (χ2v) is 4.26. The average Bonchev–Trinajstić information content (AvgIpc) is 2.07. The fourth-order valence-corrected chi connectivity index (χ4v) is 1.69. The number of amides is 1. The summed E-state index contributed by atoms with van der Waals surface area (Å²) < 4.78 is 0. The molecule has 1 aliphatic heterocycles. The molecule has 1 heterocycles. The molecule has 0 saturated carbocycles. The Bertz CT molecular complexity index is 194. The van der Waals surface area contributed by atoms with Crippen LogP contribution in [0.2, 0.25) is 0 Å². The van der Waals surface area contributed by atoms with E-state index >= 15 is 0 Å². The van der Waals surface area contributed by atoms with Gasteiger partial charge in [0.05, 0.1) is 0 Å². The molecule has 1 amide bonds. The second kappa shape index (κ2) is 5.32. The van der Waals surface area contributed by atoms with Gasteiger partial charge in [-0.25, -0.2) is 0 Å². The van der Waals surface area contributed by atoms with Gasteiger partial charge in [-0.15, -0.1) is 0 Å². The van der Waals surface area contributed by atoms with E-state index in [-0.39, 0.29) is 11.9 Å². The first-order valence-corrected chi connectivity index (χ1v) is 5.30. The van der Waals surface area contributed by atoms with Crippen molar-refractivity contribution in [3.05, 3.63) is 0 Å². The van der Waals surface area contributed by atoms with Gasteiger partial charge in [-0.2, -0.15) is 0 Å². The molecule has 4 nitrogen and oxygen atoms in total. The lowest BCUT2D eigenvalue weighted by atomic mass is 10.1. The lowest BCUT2D eigenvalue weighted by molar-refractivity contribution is -0.122. The molecule has 0 spiro atoms. The molecule has 0 aromatic carbocycles. The zero-order valence-electron chi connectivity index (χ0n) is 9.34. The smallest absolute Gasteiger partial charge is 0.221 e. The molecule has 14 heavy (non-hydrogen) atoms. The summed E-state index contributed by atoms with van der Waals surface area (Å²) in [6.45, 7) is 6.95. The van der Waals surface area contributed by atoms with Crippen LogP contribution in [0.1, 0.15) is 20.3 Å². The van der Waals surface area contributed by atoms with Crippen molar-refractivity contribution in [3.8, 4) is 0 Å². The number of nitrogens with zero attached hydrogens (tertiary/aromatic N) is 1. The molecule has 1 rings (SSSR count). The Balaban J connectivity index is 2.31. The molecule has 2 N–H and O–H groups in total. The zero-order chi connectivity index (χ0) is 10.6. The topological polar surface area (TPSA) is 44.4 Å². The third-order valence-corrected chi connectivity index (χ3v) is 2.52. The van der Waals surface area contributed by atoms with Gasteiger partial charge in [0, 0.05) is 38.1 Å². The van der Waals surface area contributed by atoms with Gasteiger partial charge < -0.3 is 15.5 Å². The molecule has 1 fully saturated rings. The van der Waals surface area contributed by atoms with Crippen LogP contribution in [0, 0.1) is 0 Å². The van der Waals surface area contributed by atoms with E-state index in [4.69, 9.17) is 0 Å². The fraction of sp³-hybridized carbons (Fsp3) is 0.900. The molecule has 0 aromatic rings. The monoisotopic (exact) mass is 199 g/mol. The molecule has 0 aromatic heterocycles. The highest BCUT2D eigenvalue weighted by Crippen LogP contribution is 2.04. The van der Waals surface area contributed by atoms with Crippen LogP contribution in [-0.4, -0.2) is 49.6 Å². The Labute approximate surface area is 86.0 Å². The van der Waals surface area contributed by atoms with Crippen molar-refractivity contribution >= 4 is 5.91 Å². The van der Waals surface area contributed by atoms with Gasteiger partial charge in [0.1, 0.15) is 0 Å². The Hall–Kier alpha value is -0.610. The van der Waals surface area contributed by atoms with E-state index in [9.17, 15) is 4.79 Å². The molecule has 1 aliphatic rings. The molecule has 1 saturated heterocycles. The Morgan fingerprint density at radius 1 is 1.64 bits per heavy atom. The number of nitrogens with one attached hydrogen (secondary N) is 2. The SMILES string of the molecule is CC(C)NC(=O)CC1CNCCN1C. The van der Waals surface area contributed by atoms with Crippen LogP contribution in [0.4, 0.5) is 0 Å². The lowest BCUT2D eigenvalue weighted by Gasteiger charge is -2.32. The average molecular weight is 199 g/mol. The minimum absolute atomic E-state index is 0.153. The Morgan fingerprint density at radius 2 is 2.36 bits per heavy atom. The predicted molar refractivity (Wildman–Crippen MR) is 57.2 cm³/mol. The number of hydrogen-bond donors (Lipinski definition) is 2. The van der Waals surface area contributed by atoms with Crippen LogP contribution >= 0.6 is 0 Å². The molecule has 1 atom stereocenters. The van der Waals surface area contributed by atoms with E-state index in [2.05, 4.69) is 22.6 Å². The second-order valence-electron chi connectivity index (χ2n) is 4.26. The molecular formula is C10H21N3O. The highest BCUT2D eigenvalue weighted by atomic mass is 16.1. The number of piperazine rings is 1. The van der Waals surface area contributed by atoms with Crippen molar-refractivity contribution in [2.45, 2.75) is 32.4 Å². The van der Waals surface area contributed by atoms with Crippen molar-refractivity contribution in [2.24, 2.45) is 0 Å². The molecular weight excluding hydrogens is 178 g/mol. The molecule has 1 unspecified atom stereocenters. The van der Waals surface area contributed by atoms with Gasteiger partial charge in [0.15, 0.2) is 0 Å². The van der Waals surface area contributed by atoms with Crippen LogP contribution in [0.5, 0.6) is 0 Å². The third-order valence-electron chi connectivity index (χ3n) is 2.52. The number of carbonyl (C=O) groups excluding carboxylic acids is 1. The quantitative estimate of drug-likeness (QED) is 0.662. The van der Waals surface area contributed by atoms with E-state index in [0.717, 1.165) is 19.6 Å². The van der Waals surface area contributed by atoms with Crippen LogP contribution < -0.4 is 10.6 Å². The summed E-state index contributed by atoms with van der Waals surface area (Å²) in [5.41, 5.74) is 0. The summed E-state index contributed by atoms with van der Waals surface area (Å²) in [6.07, 6.45) is 0.599. The Morgan fingerprint density at radius 3 is 2.93 bits per heavy atom. The molecule has 0 radical (unpaired) electrons. The summed E-state index contributed by atoms with van der Waals surface area (Å²) in [4.78, 5) is 13.7. The van der Waals surface area contributed by atoms with Gasteiger partial charge in [0.2, 0.25) is 5.91 Å². The molecule has 82 valence electrons. The number of likely N-dealkylation sites (N-methyl/N-ethyl adjacent to an activating group) is 1. The van der Waals surface area contributed by atoms with E-state index < -0.39 is 0 Å². The van der Waals surface area contributed by atoms with Gasteiger partial charge >= 0.3 is 0 Å². The van der Waals surface area contributed by atoms with Crippen LogP contribution in [-0.2, 0) is 4.79 Å². The van der Waals surface area contributed by atoms with E-state index in [1.165, 1.54) is 0 Å². The van der Waals surface area contributed by atoms with Gasteiger partial charge in [-0.1, -0.05) is 0 Å². The van der Waals surface area contributed by atoms with Gasteiger partial charge in [-0.3, -0.25) is 4.79 Å². The van der Waals surface area contributed by atoms with Gasteiger partial charge in [0.25, 0.3) is 0 Å². The molecule has 4 heteroatoms. The highest BCUT2D eigenvalue weighted by molar-refractivity contribution is 5.76. The summed E-state index contributed by atoms with van der Waals surface area (Å²) in [5.74, 6) is 0.153. The summed E-state index contributed by atoms with van der Waals surface area (Å²) in [5, 5.41) is 6.22. The third kappa shape index (κ3) is 3.64. The fourth-order valence-electron chi connectivity index (χ4n) is 1.69. The largest absolute Gasteiger partial charge is 0.354 e. The summed E-state index contributed by atoms with van der Waals surface area (Å²) >= 11 is 0. The number of carbonyl (C=O) groups is 1. The molecule has 0 bridgehead atoms. The van der Waals surface area contributed by atoms with Crippen molar-refractivity contribution in [2.75, 3.05) is 26.7 Å². The highest BCUT2D eigenvalue weighted by Gasteiger charge is 2.21. The summed E-state index contributed by atoms with van der Waals surface area (Å²) in [7, 11) is 2.08. The first-order valence-electron chi connectivity index (χ1n) is 5.30. The van der Waals surface area contributed by atoms with Crippen molar-refractivity contribution in [3.63, 3.8) is 0 Å². The Kier molecular flexibility index (Phi) is 4.35. The summed E-state index contributed by atoms with van der Waals surface area (Å²) in [6, 6.07) is 0.590. The lowest BCUT2D eigenvalue weighted by Crippen LogP contribution is -2.51. The van der Waals surface area contributed by atoms with Crippen molar-refractivity contribution in [1.82, 2.24) is 15.5 Å². The van der Waals surface area contributed by atoms with Crippen molar-refractivity contribution < 1.29 is 4.79 Å². The molecule has 0 aliphatic carbocycles. The standard InChI is InChI=1S/C10H21N3O/c1-8(2)12-10(14)6-9-7-11-4-5-13(9)3/h8-9,11H,4-7H2,1-3H3,(H,12,14). The van der Waals surface area contributed by atoms with Crippen LogP contribution in [0.25, 0.3) is 0 Å².